The molecule has 38 heavy (non-hydrogen) atoms. The molecule has 0 spiro atoms. The minimum Gasteiger partial charge on any atom is -0.494 e. The maximum Gasteiger partial charge on any atom is 0.271 e. The third kappa shape index (κ3) is 5.30. The summed E-state index contributed by atoms with van der Waals surface area (Å²) in [5.74, 6) is -0.161. The molecule has 2 amide bonds. The fraction of sp³-hybridized carbons (Fsp3) is 0.290. The molecule has 0 N–H and O–H groups in total. The van der Waals surface area contributed by atoms with Crippen LogP contribution >= 0.6 is 0 Å². The normalized spacial score (nSPS) is 15.7. The first kappa shape index (κ1) is 26.6. The summed E-state index contributed by atoms with van der Waals surface area (Å²) in [7, 11) is 0. The zero-order valence-corrected chi connectivity index (χ0v) is 22.3. The van der Waals surface area contributed by atoms with Gasteiger partial charge >= 0.3 is 0 Å². The molecular formula is C31H32N4O3. The summed E-state index contributed by atoms with van der Waals surface area (Å²) >= 11 is 0. The van der Waals surface area contributed by atoms with Crippen molar-refractivity contribution in [1.82, 2.24) is 14.7 Å². The van der Waals surface area contributed by atoms with Crippen LogP contribution in [0.25, 0.3) is 23.0 Å². The topological polar surface area (TPSA) is 88.2 Å². The van der Waals surface area contributed by atoms with E-state index in [-0.39, 0.29) is 11.6 Å². The van der Waals surface area contributed by atoms with E-state index in [0.717, 1.165) is 29.8 Å². The molecule has 1 atom stereocenters. The molecule has 7 nitrogen and oxygen atoms in total. The Morgan fingerprint density at radius 2 is 1.76 bits per heavy atom. The molecule has 0 fully saturated rings. The fourth-order valence-corrected chi connectivity index (χ4v) is 4.31. The maximum absolute atomic E-state index is 13.6. The molecule has 7 heteroatoms. The average molecular weight is 509 g/mol. The number of nitriles is 1. The van der Waals surface area contributed by atoms with Gasteiger partial charge in [0.25, 0.3) is 11.8 Å². The van der Waals surface area contributed by atoms with Gasteiger partial charge in [0.15, 0.2) is 0 Å². The van der Waals surface area contributed by atoms with Crippen molar-refractivity contribution in [2.75, 3.05) is 6.61 Å². The second-order valence-electron chi connectivity index (χ2n) is 9.35. The maximum atomic E-state index is 13.6. The smallest absolute Gasteiger partial charge is 0.271 e. The molecule has 0 saturated carbocycles. The Kier molecular flexibility index (Phi) is 8.22. The van der Waals surface area contributed by atoms with Crippen molar-refractivity contribution in [2.24, 2.45) is 0 Å². The number of carbonyl (C=O) groups excluding carboxylic acids is 2. The summed E-state index contributed by atoms with van der Waals surface area (Å²) in [6.45, 7) is 8.15. The number of rotatable bonds is 9. The van der Waals surface area contributed by atoms with Gasteiger partial charge < -0.3 is 4.74 Å². The van der Waals surface area contributed by atoms with Gasteiger partial charge in [-0.1, -0.05) is 38.5 Å². The number of hydrogen-bond donors (Lipinski definition) is 0. The predicted octanol–water partition coefficient (Wildman–Crippen LogP) is 6.11. The van der Waals surface area contributed by atoms with E-state index < -0.39 is 11.8 Å². The summed E-state index contributed by atoms with van der Waals surface area (Å²) in [6.07, 6.45) is 6.24. The van der Waals surface area contributed by atoms with Crippen molar-refractivity contribution < 1.29 is 14.3 Å². The summed E-state index contributed by atoms with van der Waals surface area (Å²) in [6, 6.07) is 19.1. The zero-order valence-electron chi connectivity index (χ0n) is 22.3. The number of imide groups is 1. The Morgan fingerprint density at radius 1 is 1.05 bits per heavy atom. The van der Waals surface area contributed by atoms with Gasteiger partial charge in [0.1, 0.15) is 17.4 Å². The van der Waals surface area contributed by atoms with Crippen LogP contribution in [0.3, 0.4) is 0 Å². The van der Waals surface area contributed by atoms with Gasteiger partial charge in [-0.15, -0.1) is 0 Å². The standard InChI is InChI=1S/C31H32N4O3/c1-5-7-17-38-26-15-13-23(14-16-26)29-24(20-34(33-29)25-11-9-8-10-12-25)18-27-22(4)28(19-32)31(37)35(30(27)36)21(3)6-2/h8-16,18,20-21H,5-7,17H2,1-4H3/b27-18+. The Bertz CT molecular complexity index is 1430. The molecule has 1 aliphatic heterocycles. The van der Waals surface area contributed by atoms with E-state index in [9.17, 15) is 14.9 Å². The van der Waals surface area contributed by atoms with Crippen molar-refractivity contribution in [3.05, 3.63) is 83.1 Å². The van der Waals surface area contributed by atoms with Crippen LogP contribution in [0.2, 0.25) is 0 Å². The van der Waals surface area contributed by atoms with E-state index in [1.54, 1.807) is 17.7 Å². The first-order valence-electron chi connectivity index (χ1n) is 13.0. The van der Waals surface area contributed by atoms with E-state index >= 15 is 0 Å². The number of benzene rings is 2. The summed E-state index contributed by atoms with van der Waals surface area (Å²) in [5.41, 5.74) is 3.78. The van der Waals surface area contributed by atoms with E-state index in [2.05, 4.69) is 6.92 Å². The van der Waals surface area contributed by atoms with Gasteiger partial charge in [-0.25, -0.2) is 4.68 Å². The molecule has 1 unspecified atom stereocenters. The molecular weight excluding hydrogens is 476 g/mol. The van der Waals surface area contributed by atoms with Gasteiger partial charge in [0.05, 0.1) is 18.0 Å². The zero-order chi connectivity index (χ0) is 27.2. The van der Waals surface area contributed by atoms with Crippen LogP contribution in [0.4, 0.5) is 0 Å². The molecule has 194 valence electrons. The van der Waals surface area contributed by atoms with Crippen LogP contribution < -0.4 is 4.74 Å². The lowest BCUT2D eigenvalue weighted by atomic mass is 9.92. The monoisotopic (exact) mass is 508 g/mol. The van der Waals surface area contributed by atoms with Crippen LogP contribution in [0, 0.1) is 11.3 Å². The number of ether oxygens (including phenoxy) is 1. The number of aromatic nitrogens is 2. The molecule has 1 aromatic heterocycles. The molecule has 0 radical (unpaired) electrons. The minimum absolute atomic E-state index is 0.0123. The fourth-order valence-electron chi connectivity index (χ4n) is 4.31. The summed E-state index contributed by atoms with van der Waals surface area (Å²) in [5, 5.41) is 14.6. The Labute approximate surface area is 223 Å². The second-order valence-corrected chi connectivity index (χ2v) is 9.35. The Hall–Kier alpha value is -4.44. The summed E-state index contributed by atoms with van der Waals surface area (Å²) in [4.78, 5) is 27.7. The SMILES string of the molecule is CCCCOc1ccc(-c2nn(-c3ccccc3)cc2/C=C2/C(=O)N(C(C)CC)C(=O)C(C#N)=C2C)cc1. The molecule has 1 aliphatic rings. The molecule has 2 aromatic carbocycles. The van der Waals surface area contributed by atoms with Gasteiger partial charge in [0, 0.05) is 28.9 Å². The van der Waals surface area contributed by atoms with Crippen molar-refractivity contribution in [3.63, 3.8) is 0 Å². The quantitative estimate of drug-likeness (QED) is 0.198. The second kappa shape index (κ2) is 11.7. The number of amides is 2. The highest BCUT2D eigenvalue weighted by Crippen LogP contribution is 2.32. The molecule has 3 aromatic rings. The van der Waals surface area contributed by atoms with Crippen molar-refractivity contribution >= 4 is 17.9 Å². The van der Waals surface area contributed by atoms with E-state index in [4.69, 9.17) is 9.84 Å². The van der Waals surface area contributed by atoms with E-state index in [1.807, 2.05) is 80.7 Å². The lowest BCUT2D eigenvalue weighted by Gasteiger charge is -2.31. The largest absolute Gasteiger partial charge is 0.494 e. The molecule has 0 saturated heterocycles. The number of unbranched alkanes of at least 4 members (excludes halogenated alkanes) is 1. The Morgan fingerprint density at radius 3 is 2.39 bits per heavy atom. The van der Waals surface area contributed by atoms with Crippen LogP contribution in [-0.2, 0) is 9.59 Å². The van der Waals surface area contributed by atoms with Crippen LogP contribution in [-0.4, -0.2) is 39.1 Å². The predicted molar refractivity (Wildman–Crippen MR) is 147 cm³/mol. The van der Waals surface area contributed by atoms with E-state index in [0.29, 0.717) is 35.4 Å². The number of hydrogen-bond acceptors (Lipinski definition) is 5. The highest BCUT2D eigenvalue weighted by molar-refractivity contribution is 6.20. The van der Waals surface area contributed by atoms with Crippen molar-refractivity contribution in [2.45, 2.75) is 53.0 Å². The van der Waals surface area contributed by atoms with Crippen molar-refractivity contribution in [1.29, 1.82) is 5.26 Å². The Balaban J connectivity index is 1.84. The first-order chi connectivity index (χ1) is 18.4. The van der Waals surface area contributed by atoms with Gasteiger partial charge in [0.2, 0.25) is 0 Å². The molecule has 0 bridgehead atoms. The highest BCUT2D eigenvalue weighted by Gasteiger charge is 2.37. The molecule has 2 heterocycles. The minimum atomic E-state index is -0.541. The first-order valence-corrected chi connectivity index (χ1v) is 13.0. The number of carbonyl (C=O) groups is 2. The third-order valence-corrected chi connectivity index (χ3v) is 6.76. The van der Waals surface area contributed by atoms with Gasteiger partial charge in [-0.2, -0.15) is 10.4 Å². The third-order valence-electron chi connectivity index (χ3n) is 6.76. The van der Waals surface area contributed by atoms with Gasteiger partial charge in [-0.3, -0.25) is 14.5 Å². The molecule has 0 aliphatic carbocycles. The van der Waals surface area contributed by atoms with Crippen molar-refractivity contribution in [3.8, 4) is 28.8 Å². The molecule has 4 rings (SSSR count). The summed E-state index contributed by atoms with van der Waals surface area (Å²) < 4.78 is 7.58. The average Bonchev–Trinajstić information content (AvgIpc) is 3.36. The lowest BCUT2D eigenvalue weighted by molar-refractivity contribution is -0.142. The van der Waals surface area contributed by atoms with Crippen LogP contribution in [0.5, 0.6) is 5.75 Å². The lowest BCUT2D eigenvalue weighted by Crippen LogP contribution is -2.47. The van der Waals surface area contributed by atoms with Crippen LogP contribution in [0.1, 0.15) is 52.5 Å². The highest BCUT2D eigenvalue weighted by atomic mass is 16.5. The van der Waals surface area contributed by atoms with Gasteiger partial charge in [-0.05, 0) is 74.7 Å². The van der Waals surface area contributed by atoms with Crippen LogP contribution in [0.15, 0.2) is 77.5 Å². The number of para-hydroxylation sites is 1. The number of nitrogens with zero attached hydrogens (tertiary/aromatic N) is 4. The van der Waals surface area contributed by atoms with E-state index in [1.165, 1.54) is 4.90 Å².